The van der Waals surface area contributed by atoms with E-state index in [0.29, 0.717) is 12.3 Å². The number of anilines is 2. The van der Waals surface area contributed by atoms with Gasteiger partial charge in [-0.25, -0.2) is 0 Å². The highest BCUT2D eigenvalue weighted by Gasteiger charge is 2.61. The topological polar surface area (TPSA) is 68.4 Å². The molecule has 0 radical (unpaired) electrons. The number of amides is 2. The summed E-state index contributed by atoms with van der Waals surface area (Å²) in [6.07, 6.45) is 5.95. The van der Waals surface area contributed by atoms with Gasteiger partial charge in [-0.15, -0.1) is 0 Å². The largest absolute Gasteiger partial charge is 0.378 e. The van der Waals surface area contributed by atoms with E-state index in [9.17, 15) is 9.59 Å². The Hall–Kier alpha value is -3.28. The average molecular weight is 527 g/mol. The van der Waals surface area contributed by atoms with Crippen molar-refractivity contribution < 1.29 is 9.59 Å². The minimum absolute atomic E-state index is 0.0167. The lowest BCUT2D eigenvalue weighted by Gasteiger charge is -2.40. The molecule has 39 heavy (non-hydrogen) atoms. The molecule has 0 saturated heterocycles. The van der Waals surface area contributed by atoms with Crippen LogP contribution in [-0.4, -0.2) is 47.4 Å². The number of para-hydroxylation sites is 1. The Morgan fingerprint density at radius 2 is 1.67 bits per heavy atom. The van der Waals surface area contributed by atoms with Gasteiger partial charge in [0.1, 0.15) is 5.54 Å². The molecule has 0 spiro atoms. The predicted octanol–water partition coefficient (Wildman–Crippen LogP) is 6.61. The van der Waals surface area contributed by atoms with Crippen LogP contribution in [0.1, 0.15) is 76.0 Å². The number of carbonyl (C=O) groups is 2. The molecule has 0 unspecified atom stereocenters. The zero-order chi connectivity index (χ0) is 27.5. The molecular formula is C33H42N4O2. The number of aromatic amines is 1. The van der Waals surface area contributed by atoms with Crippen LogP contribution in [0, 0.1) is 18.3 Å². The number of rotatable bonds is 8. The number of nitrogens with zero attached hydrogens (tertiary/aromatic N) is 2. The Labute approximate surface area is 232 Å². The van der Waals surface area contributed by atoms with Crippen molar-refractivity contribution in [1.82, 2.24) is 9.88 Å². The standard InChI is InChI=1S/C33H42N4O2/c1-21-29(25-10-6-7-11-27(25)34-21)30-26(32(30,2)3)20-28(38)37(24-16-17-24)33(18-8-9-19-33)31(39)35-22-12-14-23(15-13-22)36(4)5/h6-7,10-15,24,26,30,34H,8-9,16-20H2,1-5H3,(H,35,39)/t26-,30+/m1/s1. The van der Waals surface area contributed by atoms with E-state index in [-0.39, 0.29) is 29.2 Å². The highest BCUT2D eigenvalue weighted by molar-refractivity contribution is 6.01. The summed E-state index contributed by atoms with van der Waals surface area (Å²) in [5.74, 6) is 0.749. The molecule has 1 aromatic heterocycles. The number of hydrogen-bond donors (Lipinski definition) is 2. The molecule has 206 valence electrons. The van der Waals surface area contributed by atoms with Crippen molar-refractivity contribution >= 4 is 34.1 Å². The fourth-order valence-corrected chi connectivity index (χ4v) is 7.44. The van der Waals surface area contributed by atoms with E-state index in [1.54, 1.807) is 0 Å². The summed E-state index contributed by atoms with van der Waals surface area (Å²) in [5.41, 5.74) is 4.90. The molecule has 6 heteroatoms. The SMILES string of the molecule is Cc1[nH]c2ccccc2c1[C@@H]1[C@@H](CC(=O)N(C2CC2)C2(C(=O)Nc3ccc(N(C)C)cc3)CCCC2)C1(C)C. The number of nitrogens with one attached hydrogen (secondary N) is 2. The van der Waals surface area contributed by atoms with Gasteiger partial charge in [0.05, 0.1) is 0 Å². The lowest BCUT2D eigenvalue weighted by Crippen LogP contribution is -2.58. The molecule has 0 bridgehead atoms. The molecule has 0 aliphatic heterocycles. The Balaban J connectivity index is 1.24. The zero-order valence-electron chi connectivity index (χ0n) is 24.0. The molecule has 6 nitrogen and oxygen atoms in total. The third-order valence-corrected chi connectivity index (χ3v) is 9.84. The van der Waals surface area contributed by atoms with E-state index in [4.69, 9.17) is 0 Å². The maximum Gasteiger partial charge on any atom is 0.250 e. The lowest BCUT2D eigenvalue weighted by atomic mass is 9.91. The summed E-state index contributed by atoms with van der Waals surface area (Å²) in [6.45, 7) is 6.75. The second-order valence-corrected chi connectivity index (χ2v) is 12.9. The lowest BCUT2D eigenvalue weighted by molar-refractivity contribution is -0.146. The quantitative estimate of drug-likeness (QED) is 0.347. The second kappa shape index (κ2) is 9.42. The highest BCUT2D eigenvalue weighted by Crippen LogP contribution is 2.67. The fraction of sp³-hybridized carbons (Fsp3) is 0.515. The summed E-state index contributed by atoms with van der Waals surface area (Å²) in [4.78, 5) is 35.9. The first-order valence-corrected chi connectivity index (χ1v) is 14.6. The Morgan fingerprint density at radius 1 is 1.00 bits per heavy atom. The van der Waals surface area contributed by atoms with Gasteiger partial charge in [0.25, 0.3) is 0 Å². The third-order valence-electron chi connectivity index (χ3n) is 9.84. The normalized spacial score (nSPS) is 23.0. The summed E-state index contributed by atoms with van der Waals surface area (Å²) in [5, 5.41) is 4.47. The number of aryl methyl sites for hydroxylation is 1. The molecule has 1 heterocycles. The summed E-state index contributed by atoms with van der Waals surface area (Å²) in [7, 11) is 4.01. The predicted molar refractivity (Wildman–Crippen MR) is 158 cm³/mol. The van der Waals surface area contributed by atoms with Crippen molar-refractivity contribution in [3.8, 4) is 0 Å². The van der Waals surface area contributed by atoms with Gasteiger partial charge in [0.2, 0.25) is 11.8 Å². The van der Waals surface area contributed by atoms with E-state index in [0.717, 1.165) is 55.4 Å². The van der Waals surface area contributed by atoms with Gasteiger partial charge in [-0.3, -0.25) is 9.59 Å². The Bertz CT molecular complexity index is 1390. The Kier molecular flexibility index (Phi) is 6.28. The van der Waals surface area contributed by atoms with E-state index >= 15 is 0 Å². The smallest absolute Gasteiger partial charge is 0.250 e. The van der Waals surface area contributed by atoms with Crippen molar-refractivity contribution in [3.05, 3.63) is 59.8 Å². The minimum atomic E-state index is -0.746. The van der Waals surface area contributed by atoms with Crippen LogP contribution >= 0.6 is 0 Å². The molecule has 3 aliphatic carbocycles. The highest BCUT2D eigenvalue weighted by atomic mass is 16.2. The molecule has 3 aliphatic rings. The molecule has 3 fully saturated rings. The van der Waals surface area contributed by atoms with Gasteiger partial charge in [0.15, 0.2) is 0 Å². The van der Waals surface area contributed by atoms with Gasteiger partial charge in [0, 0.05) is 54.5 Å². The summed E-state index contributed by atoms with van der Waals surface area (Å²) >= 11 is 0. The van der Waals surface area contributed by atoms with Crippen molar-refractivity contribution in [2.45, 2.75) is 83.2 Å². The van der Waals surface area contributed by atoms with Crippen LogP contribution < -0.4 is 10.2 Å². The first-order chi connectivity index (χ1) is 18.6. The minimum Gasteiger partial charge on any atom is -0.378 e. The van der Waals surface area contributed by atoms with Crippen LogP contribution in [0.4, 0.5) is 11.4 Å². The number of benzene rings is 2. The zero-order valence-corrected chi connectivity index (χ0v) is 24.0. The fourth-order valence-electron chi connectivity index (χ4n) is 7.44. The average Bonchev–Trinajstić information content (AvgIpc) is 3.68. The van der Waals surface area contributed by atoms with Crippen LogP contribution in [0.15, 0.2) is 48.5 Å². The van der Waals surface area contributed by atoms with Crippen LogP contribution in [0.25, 0.3) is 10.9 Å². The molecule has 2 aromatic carbocycles. The number of carbonyl (C=O) groups excluding carboxylic acids is 2. The van der Waals surface area contributed by atoms with Crippen molar-refractivity contribution in [2.24, 2.45) is 11.3 Å². The molecule has 2 atom stereocenters. The van der Waals surface area contributed by atoms with E-state index in [2.05, 4.69) is 60.2 Å². The number of fused-ring (bicyclic) bond motifs is 1. The van der Waals surface area contributed by atoms with Gasteiger partial charge >= 0.3 is 0 Å². The van der Waals surface area contributed by atoms with Gasteiger partial charge in [-0.1, -0.05) is 44.9 Å². The number of aromatic nitrogens is 1. The van der Waals surface area contributed by atoms with Crippen LogP contribution in [0.2, 0.25) is 0 Å². The van der Waals surface area contributed by atoms with Crippen LogP contribution in [-0.2, 0) is 9.59 Å². The van der Waals surface area contributed by atoms with E-state index in [1.165, 1.54) is 16.6 Å². The number of hydrogen-bond acceptors (Lipinski definition) is 3. The van der Waals surface area contributed by atoms with Gasteiger partial charge in [-0.05, 0) is 85.8 Å². The monoisotopic (exact) mass is 526 g/mol. The molecule has 3 saturated carbocycles. The summed E-state index contributed by atoms with van der Waals surface area (Å²) < 4.78 is 0. The van der Waals surface area contributed by atoms with E-state index < -0.39 is 5.54 Å². The maximum absolute atomic E-state index is 14.2. The maximum atomic E-state index is 14.2. The summed E-state index contributed by atoms with van der Waals surface area (Å²) in [6, 6.07) is 16.6. The van der Waals surface area contributed by atoms with Crippen molar-refractivity contribution in [2.75, 3.05) is 24.3 Å². The molecule has 6 rings (SSSR count). The van der Waals surface area contributed by atoms with E-state index in [1.807, 2.05) is 43.3 Å². The molecular weight excluding hydrogens is 484 g/mol. The van der Waals surface area contributed by atoms with Crippen LogP contribution in [0.3, 0.4) is 0 Å². The van der Waals surface area contributed by atoms with Crippen molar-refractivity contribution in [1.29, 1.82) is 0 Å². The first-order valence-electron chi connectivity index (χ1n) is 14.6. The van der Waals surface area contributed by atoms with Gasteiger partial charge < -0.3 is 20.1 Å². The van der Waals surface area contributed by atoms with Crippen LogP contribution in [0.5, 0.6) is 0 Å². The molecule has 2 amide bonds. The number of H-pyrrole nitrogens is 1. The first kappa shape index (κ1) is 26.0. The van der Waals surface area contributed by atoms with Gasteiger partial charge in [-0.2, -0.15) is 0 Å². The molecule has 2 N–H and O–H groups in total. The Morgan fingerprint density at radius 3 is 2.31 bits per heavy atom. The molecule has 3 aromatic rings. The third kappa shape index (κ3) is 4.42. The van der Waals surface area contributed by atoms with Crippen molar-refractivity contribution in [3.63, 3.8) is 0 Å². The second-order valence-electron chi connectivity index (χ2n) is 12.9.